The maximum absolute atomic E-state index is 13.3. The molecule has 2 atom stereocenters. The molecule has 2 aliphatic heterocycles. The zero-order valence-corrected chi connectivity index (χ0v) is 50.6. The second-order valence-corrected chi connectivity index (χ2v) is 25.8. The van der Waals surface area contributed by atoms with Crippen LogP contribution in [-0.4, -0.2) is 208 Å². The number of sulfone groups is 1. The van der Waals surface area contributed by atoms with Crippen LogP contribution in [0.1, 0.15) is 64.5 Å². The Balaban J connectivity index is 0.799. The third kappa shape index (κ3) is 21.3. The van der Waals surface area contributed by atoms with E-state index in [1.54, 1.807) is 42.5 Å². The van der Waals surface area contributed by atoms with E-state index in [2.05, 4.69) is 19.8 Å². The van der Waals surface area contributed by atoms with Gasteiger partial charge in [-0.2, -0.15) is 0 Å². The Hall–Kier alpha value is -4.34. The summed E-state index contributed by atoms with van der Waals surface area (Å²) in [6.45, 7) is 2.61. The van der Waals surface area contributed by atoms with Crippen LogP contribution in [0.15, 0.2) is 82.6 Å². The molecular formula is C56H72Cl4N6O14S2. The SMILES string of the molecule is CN1Cc2c(Cl)cc(Cl)cc2[C@H](c2cccc(S(=O)(=O)CCCOCCOCCNC(=O)CN(CCN(CC(=O)O)CC(=O)CCCOCCOCCNS(=O)(=O)c3cccc([C@@H]4CN(C)Cc5c(Cl)cc(Cl)cc54)c3)CC(=O)O)c2)C1. The number of rotatable bonds is 36. The molecular weight excluding hydrogens is 1190 g/mol. The molecule has 0 unspecified atom stereocenters. The van der Waals surface area contributed by atoms with Crippen LogP contribution in [-0.2, 0) is 71.1 Å². The van der Waals surface area contributed by atoms with Crippen molar-refractivity contribution in [1.29, 1.82) is 0 Å². The summed E-state index contributed by atoms with van der Waals surface area (Å²) in [7, 11) is -3.50. The monoisotopic (exact) mass is 1260 g/mol. The summed E-state index contributed by atoms with van der Waals surface area (Å²) in [6.07, 6.45) is 0.692. The number of amides is 1. The Kier molecular flexibility index (Phi) is 26.7. The second kappa shape index (κ2) is 32.8. The number of carbonyl (C=O) groups excluding carboxylic acids is 2. The number of carboxylic acids is 2. The largest absolute Gasteiger partial charge is 0.480 e. The van der Waals surface area contributed by atoms with Crippen molar-refractivity contribution in [3.05, 3.63) is 126 Å². The first-order valence-corrected chi connectivity index (χ1v) is 31.5. The molecule has 0 aromatic heterocycles. The third-order valence-corrected chi connectivity index (χ3v) is 18.1. The maximum atomic E-state index is 13.3. The molecule has 4 N–H and O–H groups in total. The van der Waals surface area contributed by atoms with Crippen molar-refractivity contribution in [2.75, 3.05) is 138 Å². The van der Waals surface area contributed by atoms with Crippen LogP contribution in [0.2, 0.25) is 20.1 Å². The smallest absolute Gasteiger partial charge is 0.317 e. The lowest BCUT2D eigenvalue weighted by Gasteiger charge is -2.33. The quantitative estimate of drug-likeness (QED) is 0.0387. The summed E-state index contributed by atoms with van der Waals surface area (Å²) in [5.41, 5.74) is 5.56. The lowest BCUT2D eigenvalue weighted by atomic mass is 9.85. The molecule has 26 heteroatoms. The number of aliphatic carboxylic acids is 2. The Labute approximate surface area is 500 Å². The van der Waals surface area contributed by atoms with E-state index in [1.807, 2.05) is 38.4 Å². The third-order valence-electron chi connectivity index (χ3n) is 13.7. The molecule has 6 rings (SSSR count). The lowest BCUT2D eigenvalue weighted by molar-refractivity contribution is -0.141. The van der Waals surface area contributed by atoms with Gasteiger partial charge in [-0.1, -0.05) is 70.7 Å². The van der Waals surface area contributed by atoms with Crippen LogP contribution < -0.4 is 10.0 Å². The number of ether oxygens (including phenoxy) is 4. The number of hydrogen-bond acceptors (Lipinski definition) is 16. The molecule has 4 aromatic carbocycles. The molecule has 0 spiro atoms. The molecule has 1 amide bonds. The van der Waals surface area contributed by atoms with Crippen LogP contribution in [0, 0.1) is 0 Å². The summed E-state index contributed by atoms with van der Waals surface area (Å²) in [5, 5.41) is 23.9. The van der Waals surface area contributed by atoms with E-state index in [-0.39, 0.29) is 138 Å². The number of ketones is 1. The molecule has 2 heterocycles. The zero-order valence-electron chi connectivity index (χ0n) is 46.0. The first kappa shape index (κ1) is 66.8. The summed E-state index contributed by atoms with van der Waals surface area (Å²) in [5.74, 6) is -3.48. The molecule has 4 aromatic rings. The summed E-state index contributed by atoms with van der Waals surface area (Å²) in [6, 6.07) is 21.0. The number of nitrogens with zero attached hydrogens (tertiary/aromatic N) is 4. The van der Waals surface area contributed by atoms with Crippen LogP contribution in [0.4, 0.5) is 0 Å². The van der Waals surface area contributed by atoms with E-state index in [0.29, 0.717) is 52.7 Å². The number of carboxylic acid groups (broad SMARTS) is 2. The number of fused-ring (bicyclic) bond motifs is 2. The topological polar surface area (TPSA) is 251 Å². The Morgan fingerprint density at radius 3 is 1.61 bits per heavy atom. The van der Waals surface area contributed by atoms with E-state index in [9.17, 15) is 46.2 Å². The van der Waals surface area contributed by atoms with Crippen molar-refractivity contribution in [1.82, 2.24) is 29.6 Å². The van der Waals surface area contributed by atoms with Crippen LogP contribution in [0.25, 0.3) is 0 Å². The summed E-state index contributed by atoms with van der Waals surface area (Å²) < 4.78 is 77.9. The van der Waals surface area contributed by atoms with Crippen molar-refractivity contribution in [2.45, 2.75) is 54.0 Å². The van der Waals surface area contributed by atoms with Gasteiger partial charge in [0.15, 0.2) is 9.84 Å². The van der Waals surface area contributed by atoms with Crippen molar-refractivity contribution in [3.8, 4) is 0 Å². The summed E-state index contributed by atoms with van der Waals surface area (Å²) in [4.78, 5) is 56.2. The molecule has 0 saturated carbocycles. The minimum Gasteiger partial charge on any atom is -0.480 e. The van der Waals surface area contributed by atoms with E-state index in [1.165, 1.54) is 15.9 Å². The molecule has 450 valence electrons. The minimum atomic E-state index is -3.86. The fraction of sp³-hybridized carbons (Fsp3) is 0.500. The van der Waals surface area contributed by atoms with E-state index < -0.39 is 50.8 Å². The van der Waals surface area contributed by atoms with Crippen LogP contribution in [0.5, 0.6) is 0 Å². The van der Waals surface area contributed by atoms with Crippen molar-refractivity contribution in [3.63, 3.8) is 0 Å². The van der Waals surface area contributed by atoms with Crippen molar-refractivity contribution in [2.24, 2.45) is 0 Å². The standard InChI is InChI=1S/C56H72Cl4N6O14S2/c1-63-32-48(46-27-41(57)29-52(59)50(46)34-63)39-7-3-10-44(25-39)81(73,74)24-6-17-78-21-22-79-18-12-61-54(68)36-66(38-56(71)72)15-14-65(37-55(69)70)31-43(67)9-5-16-77-20-23-80-19-13-62-82(75,76)45-11-4-8-40(26-45)49-33-64(2)35-51-47(49)28-42(58)30-53(51)60/h3-4,7-8,10-11,25-30,48-49,62H,5-6,9,12-24,31-38H2,1-2H3,(H,61,68)(H,69,70)(H,71,72)/t48-,49-/m0/s1. The van der Waals surface area contributed by atoms with Gasteiger partial charge < -0.3 is 44.3 Å². The van der Waals surface area contributed by atoms with E-state index >= 15 is 0 Å². The number of benzene rings is 4. The van der Waals surface area contributed by atoms with Crippen LogP contribution >= 0.6 is 46.4 Å². The molecule has 2 aliphatic rings. The average Bonchev–Trinajstić information content (AvgIpc) is 3.62. The number of likely N-dealkylation sites (N-methyl/N-ethyl adjacent to an activating group) is 2. The molecule has 0 radical (unpaired) electrons. The van der Waals surface area contributed by atoms with Gasteiger partial charge in [0.05, 0.1) is 81.4 Å². The van der Waals surface area contributed by atoms with Gasteiger partial charge in [-0.25, -0.2) is 21.6 Å². The number of halogens is 4. The highest BCUT2D eigenvalue weighted by Gasteiger charge is 2.30. The maximum Gasteiger partial charge on any atom is 0.317 e. The normalized spacial score (nSPS) is 15.9. The first-order valence-electron chi connectivity index (χ1n) is 26.8. The summed E-state index contributed by atoms with van der Waals surface area (Å²) >= 11 is 25.7. The molecule has 20 nitrogen and oxygen atoms in total. The average molecular weight is 1260 g/mol. The number of carbonyl (C=O) groups is 4. The highest BCUT2D eigenvalue weighted by molar-refractivity contribution is 7.91. The van der Waals surface area contributed by atoms with Gasteiger partial charge in [-0.15, -0.1) is 0 Å². The fourth-order valence-electron chi connectivity index (χ4n) is 9.84. The first-order chi connectivity index (χ1) is 39.1. The molecule has 0 aliphatic carbocycles. The fourth-order valence-corrected chi connectivity index (χ4v) is 13.4. The zero-order chi connectivity index (χ0) is 59.4. The number of sulfonamides is 1. The lowest BCUT2D eigenvalue weighted by Crippen LogP contribution is -2.45. The number of hydrogen-bond donors (Lipinski definition) is 4. The Morgan fingerprint density at radius 1 is 0.598 bits per heavy atom. The second-order valence-electron chi connectivity index (χ2n) is 20.3. The Morgan fingerprint density at radius 2 is 1.07 bits per heavy atom. The van der Waals surface area contributed by atoms with Gasteiger partial charge in [0.2, 0.25) is 15.9 Å². The minimum absolute atomic E-state index is 0.00401. The van der Waals surface area contributed by atoms with E-state index in [4.69, 9.17) is 65.4 Å². The predicted octanol–water partition coefficient (Wildman–Crippen LogP) is 5.90. The Bertz CT molecular complexity index is 2850. The van der Waals surface area contributed by atoms with E-state index in [0.717, 1.165) is 33.4 Å². The van der Waals surface area contributed by atoms with Gasteiger partial charge in [0, 0.05) is 104 Å². The highest BCUT2D eigenvalue weighted by atomic mass is 35.5. The number of Topliss-reactive ketones (excluding diaryl/α,β-unsaturated/α-hetero) is 1. The van der Waals surface area contributed by atoms with Crippen molar-refractivity contribution >= 4 is 89.9 Å². The molecule has 82 heavy (non-hydrogen) atoms. The molecule has 0 bridgehead atoms. The highest BCUT2D eigenvalue weighted by Crippen LogP contribution is 2.40. The van der Waals surface area contributed by atoms with Gasteiger partial charge in [-0.05, 0) is 109 Å². The van der Waals surface area contributed by atoms with Crippen molar-refractivity contribution < 1.29 is 65.2 Å². The van der Waals surface area contributed by atoms with Crippen LogP contribution in [0.3, 0.4) is 0 Å². The molecule has 0 saturated heterocycles. The molecule has 0 fully saturated rings. The van der Waals surface area contributed by atoms with Gasteiger partial charge in [0.25, 0.3) is 0 Å². The predicted molar refractivity (Wildman–Crippen MR) is 313 cm³/mol. The van der Waals surface area contributed by atoms with Gasteiger partial charge >= 0.3 is 11.9 Å². The van der Waals surface area contributed by atoms with Gasteiger partial charge in [0.1, 0.15) is 5.78 Å². The number of nitrogens with one attached hydrogen (secondary N) is 2. The van der Waals surface area contributed by atoms with Gasteiger partial charge in [-0.3, -0.25) is 29.0 Å².